The van der Waals surface area contributed by atoms with E-state index in [9.17, 15) is 13.2 Å². The van der Waals surface area contributed by atoms with Crippen molar-refractivity contribution in [2.24, 2.45) is 0 Å². The minimum Gasteiger partial charge on any atom is -0.390 e. The zero-order valence-electron chi connectivity index (χ0n) is 8.47. The van der Waals surface area contributed by atoms with Gasteiger partial charge < -0.3 is 5.11 Å². The van der Waals surface area contributed by atoms with Crippen LogP contribution in [0.2, 0.25) is 0 Å². The van der Waals surface area contributed by atoms with Crippen LogP contribution in [0.25, 0.3) is 0 Å². The predicted octanol–water partition coefficient (Wildman–Crippen LogP) is 2.72. The highest BCUT2D eigenvalue weighted by Gasteiger charge is 2.34. The maximum atomic E-state index is 12.5. The van der Waals surface area contributed by atoms with Crippen molar-refractivity contribution >= 4 is 0 Å². The van der Waals surface area contributed by atoms with Gasteiger partial charge in [-0.15, -0.1) is 0 Å². The summed E-state index contributed by atoms with van der Waals surface area (Å²) in [6, 6.07) is 1.04. The van der Waals surface area contributed by atoms with Crippen LogP contribution in [0.5, 0.6) is 0 Å². The van der Waals surface area contributed by atoms with Gasteiger partial charge >= 0.3 is 6.18 Å². The molecule has 0 saturated heterocycles. The number of hydrogen-bond acceptors (Lipinski definition) is 2. The van der Waals surface area contributed by atoms with Crippen LogP contribution in [0, 0.1) is 0 Å². The second-order valence-corrected chi connectivity index (χ2v) is 3.57. The van der Waals surface area contributed by atoms with E-state index < -0.39 is 18.3 Å². The standard InChI is InChI=1S/C10H12F3NO/c1-6(2)7-3-8(10(11,12)13)9(5-15)14-4-7/h3-4,6,15H,5H2,1-2H3. The Balaban J connectivity index is 3.26. The quantitative estimate of drug-likeness (QED) is 0.829. The van der Waals surface area contributed by atoms with Gasteiger partial charge in [-0.2, -0.15) is 13.2 Å². The Labute approximate surface area is 85.8 Å². The molecule has 0 aliphatic rings. The molecule has 2 nitrogen and oxygen atoms in total. The Bertz CT molecular complexity index is 347. The lowest BCUT2D eigenvalue weighted by Gasteiger charge is -2.13. The monoisotopic (exact) mass is 219 g/mol. The summed E-state index contributed by atoms with van der Waals surface area (Å²) in [5.74, 6) is -0.0219. The van der Waals surface area contributed by atoms with Crippen LogP contribution in [-0.4, -0.2) is 10.1 Å². The van der Waals surface area contributed by atoms with Crippen molar-refractivity contribution in [2.45, 2.75) is 32.5 Å². The maximum Gasteiger partial charge on any atom is 0.418 e. The second kappa shape index (κ2) is 4.18. The van der Waals surface area contributed by atoms with E-state index in [0.29, 0.717) is 5.56 Å². The molecule has 1 aromatic rings. The Morgan fingerprint density at radius 3 is 2.40 bits per heavy atom. The Morgan fingerprint density at radius 2 is 2.00 bits per heavy atom. The lowest BCUT2D eigenvalue weighted by Crippen LogP contribution is -2.12. The summed E-state index contributed by atoms with van der Waals surface area (Å²) < 4.78 is 37.6. The first-order chi connectivity index (χ1) is 6.86. The fourth-order valence-corrected chi connectivity index (χ4v) is 1.20. The summed E-state index contributed by atoms with van der Waals surface area (Å²) in [6.07, 6.45) is -3.10. The van der Waals surface area contributed by atoms with E-state index in [1.165, 1.54) is 6.20 Å². The molecule has 15 heavy (non-hydrogen) atoms. The summed E-state index contributed by atoms with van der Waals surface area (Å²) in [7, 11) is 0. The van der Waals surface area contributed by atoms with Crippen LogP contribution in [0.4, 0.5) is 13.2 Å². The van der Waals surface area contributed by atoms with E-state index in [0.717, 1.165) is 6.07 Å². The van der Waals surface area contributed by atoms with E-state index in [1.54, 1.807) is 13.8 Å². The molecule has 0 saturated carbocycles. The van der Waals surface area contributed by atoms with Gasteiger partial charge in [-0.25, -0.2) is 0 Å². The molecule has 5 heteroatoms. The van der Waals surface area contributed by atoms with E-state index >= 15 is 0 Å². The molecule has 0 radical (unpaired) electrons. The molecule has 0 aliphatic carbocycles. The number of alkyl halides is 3. The van der Waals surface area contributed by atoms with Gasteiger partial charge in [0, 0.05) is 6.20 Å². The average Bonchev–Trinajstić information content (AvgIpc) is 2.15. The van der Waals surface area contributed by atoms with E-state index in [2.05, 4.69) is 4.98 Å². The van der Waals surface area contributed by atoms with Crippen LogP contribution >= 0.6 is 0 Å². The van der Waals surface area contributed by atoms with Crippen molar-refractivity contribution in [3.63, 3.8) is 0 Å². The minimum atomic E-state index is -4.46. The molecule has 84 valence electrons. The van der Waals surface area contributed by atoms with Gasteiger partial charge in [-0.3, -0.25) is 4.98 Å². The number of aromatic nitrogens is 1. The van der Waals surface area contributed by atoms with E-state index in [1.807, 2.05) is 0 Å². The largest absolute Gasteiger partial charge is 0.418 e. The molecular weight excluding hydrogens is 207 g/mol. The van der Waals surface area contributed by atoms with Crippen molar-refractivity contribution < 1.29 is 18.3 Å². The SMILES string of the molecule is CC(C)c1cnc(CO)c(C(F)(F)F)c1. The molecule has 0 amide bonds. The smallest absolute Gasteiger partial charge is 0.390 e. The molecule has 0 spiro atoms. The molecule has 1 N–H and O–H groups in total. The Kier molecular flexibility index (Phi) is 3.34. The van der Waals surface area contributed by atoms with Gasteiger partial charge in [-0.1, -0.05) is 13.8 Å². The fraction of sp³-hybridized carbons (Fsp3) is 0.500. The highest BCUT2D eigenvalue weighted by atomic mass is 19.4. The molecule has 0 fully saturated rings. The van der Waals surface area contributed by atoms with Gasteiger partial charge in [0.05, 0.1) is 17.9 Å². The molecular formula is C10H12F3NO. The maximum absolute atomic E-state index is 12.5. The number of aliphatic hydroxyl groups excluding tert-OH is 1. The third-order valence-electron chi connectivity index (χ3n) is 2.11. The first-order valence-electron chi connectivity index (χ1n) is 4.53. The highest BCUT2D eigenvalue weighted by Crippen LogP contribution is 2.32. The van der Waals surface area contributed by atoms with Crippen LogP contribution in [0.1, 0.15) is 36.6 Å². The van der Waals surface area contributed by atoms with Gasteiger partial charge in [-0.05, 0) is 17.5 Å². The topological polar surface area (TPSA) is 33.1 Å². The number of hydrogen-bond donors (Lipinski definition) is 1. The van der Waals surface area contributed by atoms with Gasteiger partial charge in [0.1, 0.15) is 0 Å². The van der Waals surface area contributed by atoms with Crippen LogP contribution < -0.4 is 0 Å². The molecule has 1 rings (SSSR count). The van der Waals surface area contributed by atoms with Crippen molar-refractivity contribution in [1.29, 1.82) is 0 Å². The molecule has 0 aromatic carbocycles. The normalized spacial score (nSPS) is 12.2. The molecule has 0 atom stereocenters. The third-order valence-corrected chi connectivity index (χ3v) is 2.11. The third kappa shape index (κ3) is 2.68. The number of pyridine rings is 1. The molecule has 1 heterocycles. The minimum absolute atomic E-state index is 0.0219. The number of halogens is 3. The second-order valence-electron chi connectivity index (χ2n) is 3.57. The first kappa shape index (κ1) is 12.0. The molecule has 0 aliphatic heterocycles. The van der Waals surface area contributed by atoms with Crippen LogP contribution in [0.3, 0.4) is 0 Å². The van der Waals surface area contributed by atoms with Crippen LogP contribution in [-0.2, 0) is 12.8 Å². The zero-order chi connectivity index (χ0) is 11.6. The Morgan fingerprint density at radius 1 is 1.40 bits per heavy atom. The molecule has 1 aromatic heterocycles. The summed E-state index contributed by atoms with van der Waals surface area (Å²) in [5, 5.41) is 8.75. The van der Waals surface area contributed by atoms with E-state index in [4.69, 9.17) is 5.11 Å². The fourth-order valence-electron chi connectivity index (χ4n) is 1.20. The van der Waals surface area contributed by atoms with Crippen molar-refractivity contribution in [3.05, 3.63) is 29.1 Å². The van der Waals surface area contributed by atoms with Gasteiger partial charge in [0.2, 0.25) is 0 Å². The summed E-state index contributed by atoms with van der Waals surface area (Å²) in [5.41, 5.74) is -0.664. The highest BCUT2D eigenvalue weighted by molar-refractivity contribution is 5.29. The number of nitrogens with zero attached hydrogens (tertiary/aromatic N) is 1. The summed E-state index contributed by atoms with van der Waals surface area (Å²) in [4.78, 5) is 3.61. The zero-order valence-corrected chi connectivity index (χ0v) is 8.47. The van der Waals surface area contributed by atoms with Crippen LogP contribution in [0.15, 0.2) is 12.3 Å². The lowest BCUT2D eigenvalue weighted by molar-refractivity contribution is -0.139. The van der Waals surface area contributed by atoms with Crippen molar-refractivity contribution in [3.8, 4) is 0 Å². The average molecular weight is 219 g/mol. The van der Waals surface area contributed by atoms with Gasteiger partial charge in [0.25, 0.3) is 0 Å². The van der Waals surface area contributed by atoms with Crippen molar-refractivity contribution in [1.82, 2.24) is 4.98 Å². The van der Waals surface area contributed by atoms with E-state index in [-0.39, 0.29) is 11.6 Å². The van der Waals surface area contributed by atoms with Gasteiger partial charge in [0.15, 0.2) is 0 Å². The Hall–Kier alpha value is -1.10. The predicted molar refractivity (Wildman–Crippen MR) is 49.3 cm³/mol. The number of aliphatic hydroxyl groups is 1. The number of rotatable bonds is 2. The lowest BCUT2D eigenvalue weighted by atomic mass is 10.0. The van der Waals surface area contributed by atoms with Crippen molar-refractivity contribution in [2.75, 3.05) is 0 Å². The summed E-state index contributed by atoms with van der Waals surface area (Å²) in [6.45, 7) is 2.87. The molecule has 0 bridgehead atoms. The summed E-state index contributed by atoms with van der Waals surface area (Å²) >= 11 is 0. The first-order valence-corrected chi connectivity index (χ1v) is 4.53. The molecule has 0 unspecified atom stereocenters.